The van der Waals surface area contributed by atoms with E-state index in [0.29, 0.717) is 0 Å². The summed E-state index contributed by atoms with van der Waals surface area (Å²) in [7, 11) is -3.67. The molecule has 0 unspecified atom stereocenters. The molecule has 0 saturated carbocycles. The van der Waals surface area contributed by atoms with Gasteiger partial charge in [0.25, 0.3) is 0 Å². The van der Waals surface area contributed by atoms with E-state index < -0.39 is 21.8 Å². The van der Waals surface area contributed by atoms with Gasteiger partial charge in [0.1, 0.15) is 0 Å². The zero-order valence-corrected chi connectivity index (χ0v) is 12.0. The van der Waals surface area contributed by atoms with E-state index in [-0.39, 0.29) is 24.0 Å². The third-order valence-corrected chi connectivity index (χ3v) is 3.67. The van der Waals surface area contributed by atoms with E-state index in [2.05, 4.69) is 10.0 Å². The van der Waals surface area contributed by atoms with Crippen molar-refractivity contribution in [2.75, 3.05) is 17.0 Å². The number of hydrogen-bond acceptors (Lipinski definition) is 3. The van der Waals surface area contributed by atoms with Crippen LogP contribution in [0.1, 0.15) is 19.4 Å². The van der Waals surface area contributed by atoms with Gasteiger partial charge in [0, 0.05) is 18.3 Å². The van der Waals surface area contributed by atoms with E-state index in [1.54, 1.807) is 0 Å². The SMILES string of the molecule is CC(C)NCCS(=O)(=O)Nc1cccc(C(F)(F)F)c1. The first kappa shape index (κ1) is 16.8. The molecule has 0 aromatic heterocycles. The number of rotatable bonds is 6. The summed E-state index contributed by atoms with van der Waals surface area (Å²) in [5.74, 6) is -0.207. The first-order chi connectivity index (χ1) is 9.10. The molecule has 2 N–H and O–H groups in total. The Balaban J connectivity index is 2.73. The van der Waals surface area contributed by atoms with Crippen molar-refractivity contribution in [3.05, 3.63) is 29.8 Å². The van der Waals surface area contributed by atoms with Crippen molar-refractivity contribution in [1.82, 2.24) is 5.32 Å². The topological polar surface area (TPSA) is 58.2 Å². The Morgan fingerprint density at radius 3 is 2.45 bits per heavy atom. The zero-order valence-electron chi connectivity index (χ0n) is 11.2. The van der Waals surface area contributed by atoms with Crippen LogP contribution in [0.15, 0.2) is 24.3 Å². The second-order valence-corrected chi connectivity index (χ2v) is 6.45. The highest BCUT2D eigenvalue weighted by atomic mass is 32.2. The van der Waals surface area contributed by atoms with Crippen molar-refractivity contribution >= 4 is 15.7 Å². The van der Waals surface area contributed by atoms with Crippen LogP contribution >= 0.6 is 0 Å². The maximum Gasteiger partial charge on any atom is 0.416 e. The first-order valence-corrected chi connectivity index (χ1v) is 7.66. The average molecular weight is 310 g/mol. The molecular weight excluding hydrogens is 293 g/mol. The Morgan fingerprint density at radius 2 is 1.90 bits per heavy atom. The predicted octanol–water partition coefficient (Wildman–Crippen LogP) is 2.45. The summed E-state index contributed by atoms with van der Waals surface area (Å²) in [5, 5.41) is 2.92. The molecule has 0 radical (unpaired) electrons. The Kier molecular flexibility index (Phi) is 5.41. The smallest absolute Gasteiger partial charge is 0.313 e. The molecule has 0 aliphatic carbocycles. The van der Waals surface area contributed by atoms with Crippen molar-refractivity contribution in [2.45, 2.75) is 26.1 Å². The summed E-state index contributed by atoms with van der Waals surface area (Å²) >= 11 is 0. The monoisotopic (exact) mass is 310 g/mol. The maximum absolute atomic E-state index is 12.5. The van der Waals surface area contributed by atoms with Gasteiger partial charge in [0.2, 0.25) is 10.0 Å². The maximum atomic E-state index is 12.5. The van der Waals surface area contributed by atoms with E-state index in [4.69, 9.17) is 0 Å². The Hall–Kier alpha value is -1.28. The molecule has 0 heterocycles. The Bertz CT molecular complexity index is 542. The van der Waals surface area contributed by atoms with Gasteiger partial charge in [-0.25, -0.2) is 8.42 Å². The minimum Gasteiger partial charge on any atom is -0.313 e. The number of halogens is 3. The molecule has 0 saturated heterocycles. The minimum absolute atomic E-state index is 0.0932. The molecule has 1 aromatic rings. The standard InChI is InChI=1S/C12H17F3N2O2S/c1-9(2)16-6-7-20(18,19)17-11-5-3-4-10(8-11)12(13,14)15/h3-5,8-9,16-17H,6-7H2,1-2H3. The molecule has 1 aromatic carbocycles. The van der Waals surface area contributed by atoms with Gasteiger partial charge >= 0.3 is 6.18 Å². The number of benzene rings is 1. The van der Waals surface area contributed by atoms with E-state index in [1.807, 2.05) is 13.8 Å². The second-order valence-electron chi connectivity index (χ2n) is 4.61. The van der Waals surface area contributed by atoms with Crippen LogP contribution in [0.5, 0.6) is 0 Å². The molecule has 20 heavy (non-hydrogen) atoms. The predicted molar refractivity (Wildman–Crippen MR) is 72.0 cm³/mol. The lowest BCUT2D eigenvalue weighted by Gasteiger charge is -2.12. The molecule has 0 bridgehead atoms. The van der Waals surface area contributed by atoms with Crippen molar-refractivity contribution in [2.24, 2.45) is 0 Å². The second kappa shape index (κ2) is 6.45. The number of sulfonamides is 1. The number of alkyl halides is 3. The van der Waals surface area contributed by atoms with Crippen molar-refractivity contribution < 1.29 is 21.6 Å². The van der Waals surface area contributed by atoms with Crippen molar-refractivity contribution in [1.29, 1.82) is 0 Å². The first-order valence-electron chi connectivity index (χ1n) is 6.01. The lowest BCUT2D eigenvalue weighted by Crippen LogP contribution is -2.31. The van der Waals surface area contributed by atoms with Crippen molar-refractivity contribution in [3.8, 4) is 0 Å². The van der Waals surface area contributed by atoms with Crippen LogP contribution in [-0.2, 0) is 16.2 Å². The van der Waals surface area contributed by atoms with Crippen LogP contribution in [0.4, 0.5) is 18.9 Å². The molecule has 0 atom stereocenters. The average Bonchev–Trinajstić information content (AvgIpc) is 2.26. The van der Waals surface area contributed by atoms with Crippen molar-refractivity contribution in [3.63, 3.8) is 0 Å². The summed E-state index contributed by atoms with van der Waals surface area (Å²) in [5.41, 5.74) is -0.984. The van der Waals surface area contributed by atoms with Crippen LogP contribution in [0.3, 0.4) is 0 Å². The molecule has 0 aliphatic rings. The Morgan fingerprint density at radius 1 is 1.25 bits per heavy atom. The lowest BCUT2D eigenvalue weighted by atomic mass is 10.2. The van der Waals surface area contributed by atoms with E-state index in [0.717, 1.165) is 18.2 Å². The number of nitrogens with one attached hydrogen (secondary N) is 2. The van der Waals surface area contributed by atoms with E-state index in [9.17, 15) is 21.6 Å². The summed E-state index contributed by atoms with van der Waals surface area (Å²) in [6.45, 7) is 3.96. The molecule has 0 amide bonds. The normalized spacial score (nSPS) is 12.7. The summed E-state index contributed by atoms with van der Waals surface area (Å²) in [6, 6.07) is 4.24. The fourth-order valence-electron chi connectivity index (χ4n) is 1.47. The molecule has 8 heteroatoms. The largest absolute Gasteiger partial charge is 0.416 e. The number of hydrogen-bond donors (Lipinski definition) is 2. The minimum atomic E-state index is -4.50. The molecular formula is C12H17F3N2O2S. The molecule has 114 valence electrons. The Labute approximate surface area is 116 Å². The van der Waals surface area contributed by atoms with Gasteiger partial charge in [-0.15, -0.1) is 0 Å². The summed E-state index contributed by atoms with van der Waals surface area (Å²) in [6.07, 6.45) is -4.50. The van der Waals surface area contributed by atoms with Crippen LogP contribution in [-0.4, -0.2) is 26.8 Å². The molecule has 1 rings (SSSR count). The van der Waals surface area contributed by atoms with Gasteiger partial charge < -0.3 is 5.32 Å². The van der Waals surface area contributed by atoms with Crippen LogP contribution < -0.4 is 10.0 Å². The quantitative estimate of drug-likeness (QED) is 0.848. The van der Waals surface area contributed by atoms with Gasteiger partial charge in [-0.05, 0) is 18.2 Å². The van der Waals surface area contributed by atoms with Gasteiger partial charge in [0.05, 0.1) is 11.3 Å². The van der Waals surface area contributed by atoms with Crippen LogP contribution in [0, 0.1) is 0 Å². The van der Waals surface area contributed by atoms with Gasteiger partial charge in [0.15, 0.2) is 0 Å². The van der Waals surface area contributed by atoms with Gasteiger partial charge in [-0.1, -0.05) is 19.9 Å². The molecule has 0 aliphatic heterocycles. The molecule has 4 nitrogen and oxygen atoms in total. The highest BCUT2D eigenvalue weighted by Gasteiger charge is 2.30. The van der Waals surface area contributed by atoms with E-state index >= 15 is 0 Å². The van der Waals surface area contributed by atoms with E-state index in [1.165, 1.54) is 6.07 Å². The van der Waals surface area contributed by atoms with Crippen LogP contribution in [0.2, 0.25) is 0 Å². The summed E-state index contributed by atoms with van der Waals surface area (Å²) < 4.78 is 63.1. The third-order valence-electron chi connectivity index (χ3n) is 2.39. The molecule has 0 fully saturated rings. The summed E-state index contributed by atoms with van der Waals surface area (Å²) in [4.78, 5) is 0. The number of anilines is 1. The fraction of sp³-hybridized carbons (Fsp3) is 0.500. The lowest BCUT2D eigenvalue weighted by molar-refractivity contribution is -0.137. The fourth-order valence-corrected chi connectivity index (χ4v) is 2.45. The molecule has 0 spiro atoms. The van der Waals surface area contributed by atoms with Gasteiger partial charge in [-0.3, -0.25) is 4.72 Å². The highest BCUT2D eigenvalue weighted by Crippen LogP contribution is 2.30. The zero-order chi connectivity index (χ0) is 15.4. The highest BCUT2D eigenvalue weighted by molar-refractivity contribution is 7.92. The third kappa shape index (κ3) is 5.79. The van der Waals surface area contributed by atoms with Crippen LogP contribution in [0.25, 0.3) is 0 Å². The van der Waals surface area contributed by atoms with Gasteiger partial charge in [-0.2, -0.15) is 13.2 Å².